The second-order valence-corrected chi connectivity index (χ2v) is 3.99. The van der Waals surface area contributed by atoms with Crippen LogP contribution in [0.5, 0.6) is 0 Å². The molecule has 0 spiro atoms. The van der Waals surface area contributed by atoms with Gasteiger partial charge in [0.1, 0.15) is 6.04 Å². The van der Waals surface area contributed by atoms with E-state index in [0.29, 0.717) is 4.90 Å². The van der Waals surface area contributed by atoms with Gasteiger partial charge in [-0.05, 0) is 18.6 Å². The van der Waals surface area contributed by atoms with Gasteiger partial charge in [0.2, 0.25) is 5.91 Å². The van der Waals surface area contributed by atoms with Crippen LogP contribution >= 0.6 is 0 Å². The van der Waals surface area contributed by atoms with E-state index in [-0.39, 0.29) is 0 Å². The average molecular weight is 261 g/mol. The number of carboxylic acid groups (broad SMARTS) is 1. The maximum absolute atomic E-state index is 11.9. The minimum absolute atomic E-state index is 0.599. The maximum Gasteiger partial charge on any atom is 0.326 e. The van der Waals surface area contributed by atoms with Crippen LogP contribution in [0.3, 0.4) is 0 Å². The van der Waals surface area contributed by atoms with Crippen molar-refractivity contribution >= 4 is 23.9 Å². The van der Waals surface area contributed by atoms with Gasteiger partial charge in [0.15, 0.2) is 0 Å². The number of imide groups is 1. The summed E-state index contributed by atoms with van der Waals surface area (Å²) in [5.74, 6) is -2.47. The van der Waals surface area contributed by atoms with Gasteiger partial charge in [-0.25, -0.2) is 4.79 Å². The summed E-state index contributed by atoms with van der Waals surface area (Å²) in [5.41, 5.74) is 0.794. The molecule has 0 radical (unpaired) electrons. The van der Waals surface area contributed by atoms with E-state index in [1.165, 1.54) is 19.1 Å². The molecule has 5 nitrogen and oxygen atoms in total. The van der Waals surface area contributed by atoms with Gasteiger partial charge in [-0.1, -0.05) is 30.3 Å². The van der Waals surface area contributed by atoms with E-state index < -0.39 is 23.8 Å². The largest absolute Gasteiger partial charge is 0.480 e. The molecular formula is C14H15NO4. The van der Waals surface area contributed by atoms with E-state index in [2.05, 4.69) is 0 Å². The van der Waals surface area contributed by atoms with Gasteiger partial charge >= 0.3 is 5.97 Å². The summed E-state index contributed by atoms with van der Waals surface area (Å²) in [6.07, 6.45) is 2.73. The third kappa shape index (κ3) is 4.06. The number of aliphatic carboxylic acids is 1. The standard InChI is InChI=1S/C14H15NO4/c1-10(14(18)19)15(11(2)16)13(17)9-8-12-6-4-3-5-7-12/h3-10H,1-2H3,(H,18,19)/t10-/m0/s1. The molecule has 2 amide bonds. The number of carbonyl (C=O) groups is 3. The molecule has 0 aliphatic heterocycles. The summed E-state index contributed by atoms with van der Waals surface area (Å²) in [6.45, 7) is 2.45. The van der Waals surface area contributed by atoms with Crippen LogP contribution in [-0.4, -0.2) is 33.8 Å². The fourth-order valence-corrected chi connectivity index (χ4v) is 1.54. The van der Waals surface area contributed by atoms with Gasteiger partial charge in [0, 0.05) is 13.0 Å². The Morgan fingerprint density at radius 1 is 1.21 bits per heavy atom. The average Bonchev–Trinajstić information content (AvgIpc) is 2.37. The Bertz CT molecular complexity index is 507. The van der Waals surface area contributed by atoms with E-state index in [0.717, 1.165) is 12.5 Å². The quantitative estimate of drug-likeness (QED) is 0.834. The zero-order valence-electron chi connectivity index (χ0n) is 10.7. The molecule has 0 heterocycles. The highest BCUT2D eigenvalue weighted by Crippen LogP contribution is 2.05. The van der Waals surface area contributed by atoms with Crippen LogP contribution < -0.4 is 0 Å². The van der Waals surface area contributed by atoms with Crippen molar-refractivity contribution in [2.75, 3.05) is 0 Å². The number of benzene rings is 1. The molecule has 0 bridgehead atoms. The Labute approximate surface area is 111 Å². The van der Waals surface area contributed by atoms with Crippen LogP contribution in [0, 0.1) is 0 Å². The van der Waals surface area contributed by atoms with E-state index >= 15 is 0 Å². The molecule has 19 heavy (non-hydrogen) atoms. The zero-order valence-corrected chi connectivity index (χ0v) is 10.7. The lowest BCUT2D eigenvalue weighted by Crippen LogP contribution is -2.45. The van der Waals surface area contributed by atoms with Gasteiger partial charge in [-0.3, -0.25) is 14.5 Å². The molecule has 1 aromatic carbocycles. The number of rotatable bonds is 4. The number of nitrogens with zero attached hydrogens (tertiary/aromatic N) is 1. The molecule has 1 aromatic rings. The van der Waals surface area contributed by atoms with Crippen molar-refractivity contribution in [2.24, 2.45) is 0 Å². The lowest BCUT2D eigenvalue weighted by atomic mass is 10.2. The first kappa shape index (κ1) is 14.6. The number of hydrogen-bond donors (Lipinski definition) is 1. The number of carboxylic acids is 1. The molecule has 0 aliphatic rings. The molecule has 1 rings (SSSR count). The van der Waals surface area contributed by atoms with Gasteiger partial charge in [0.25, 0.3) is 5.91 Å². The van der Waals surface area contributed by atoms with Crippen LogP contribution in [0.4, 0.5) is 0 Å². The predicted octanol–water partition coefficient (Wildman–Crippen LogP) is 1.55. The van der Waals surface area contributed by atoms with Crippen molar-refractivity contribution in [2.45, 2.75) is 19.9 Å². The highest BCUT2D eigenvalue weighted by molar-refractivity contribution is 6.04. The SMILES string of the molecule is CC(=O)N(C(=O)C=Cc1ccccc1)[C@@H](C)C(=O)O. The van der Waals surface area contributed by atoms with E-state index in [9.17, 15) is 14.4 Å². The topological polar surface area (TPSA) is 74.7 Å². The minimum atomic E-state index is -1.23. The lowest BCUT2D eigenvalue weighted by molar-refractivity contribution is -0.154. The third-order valence-electron chi connectivity index (χ3n) is 2.54. The van der Waals surface area contributed by atoms with Crippen LogP contribution in [-0.2, 0) is 14.4 Å². The highest BCUT2D eigenvalue weighted by atomic mass is 16.4. The van der Waals surface area contributed by atoms with Crippen molar-refractivity contribution in [3.8, 4) is 0 Å². The zero-order chi connectivity index (χ0) is 14.4. The minimum Gasteiger partial charge on any atom is -0.480 e. The monoisotopic (exact) mass is 261 g/mol. The molecule has 0 saturated carbocycles. The Hall–Kier alpha value is -2.43. The van der Waals surface area contributed by atoms with Crippen LogP contribution in [0.15, 0.2) is 36.4 Å². The first-order chi connectivity index (χ1) is 8.93. The second kappa shape index (κ2) is 6.49. The van der Waals surface area contributed by atoms with Crippen molar-refractivity contribution in [3.63, 3.8) is 0 Å². The van der Waals surface area contributed by atoms with E-state index in [1.54, 1.807) is 12.1 Å². The Kier molecular flexibility index (Phi) is 5.00. The van der Waals surface area contributed by atoms with Crippen LogP contribution in [0.25, 0.3) is 6.08 Å². The molecule has 0 unspecified atom stereocenters. The summed E-state index contributed by atoms with van der Waals surface area (Å²) >= 11 is 0. The van der Waals surface area contributed by atoms with Gasteiger partial charge in [-0.2, -0.15) is 0 Å². The molecule has 100 valence electrons. The molecule has 1 N–H and O–H groups in total. The highest BCUT2D eigenvalue weighted by Gasteiger charge is 2.27. The summed E-state index contributed by atoms with van der Waals surface area (Å²) < 4.78 is 0. The van der Waals surface area contributed by atoms with Gasteiger partial charge < -0.3 is 5.11 Å². The predicted molar refractivity (Wildman–Crippen MR) is 70.1 cm³/mol. The molecule has 0 fully saturated rings. The fraction of sp³-hybridized carbons (Fsp3) is 0.214. The normalized spacial score (nSPS) is 12.1. The van der Waals surface area contributed by atoms with Crippen LogP contribution in [0.2, 0.25) is 0 Å². The second-order valence-electron chi connectivity index (χ2n) is 3.99. The lowest BCUT2D eigenvalue weighted by Gasteiger charge is -2.21. The summed E-state index contributed by atoms with van der Waals surface area (Å²) in [6, 6.07) is 7.86. The molecule has 1 atom stereocenters. The number of hydrogen-bond acceptors (Lipinski definition) is 3. The summed E-state index contributed by atoms with van der Waals surface area (Å²) in [5, 5.41) is 8.87. The molecule has 0 aromatic heterocycles. The smallest absolute Gasteiger partial charge is 0.326 e. The maximum atomic E-state index is 11.9. The third-order valence-corrected chi connectivity index (χ3v) is 2.54. The first-order valence-electron chi connectivity index (χ1n) is 5.73. The van der Waals surface area contributed by atoms with E-state index in [1.807, 2.05) is 18.2 Å². The van der Waals surface area contributed by atoms with Gasteiger partial charge in [0.05, 0.1) is 0 Å². The van der Waals surface area contributed by atoms with Crippen LogP contribution in [0.1, 0.15) is 19.4 Å². The molecule has 5 heteroatoms. The van der Waals surface area contributed by atoms with Crippen molar-refractivity contribution in [1.82, 2.24) is 4.90 Å². The van der Waals surface area contributed by atoms with Crippen molar-refractivity contribution in [1.29, 1.82) is 0 Å². The molecule has 0 saturated heterocycles. The Balaban J connectivity index is 2.87. The summed E-state index contributed by atoms with van der Waals surface area (Å²) in [7, 11) is 0. The first-order valence-corrected chi connectivity index (χ1v) is 5.73. The Morgan fingerprint density at radius 3 is 2.26 bits per heavy atom. The van der Waals surface area contributed by atoms with Gasteiger partial charge in [-0.15, -0.1) is 0 Å². The molecule has 0 aliphatic carbocycles. The number of carbonyl (C=O) groups excluding carboxylic acids is 2. The summed E-state index contributed by atoms with van der Waals surface area (Å²) in [4.78, 5) is 34.8. The van der Waals surface area contributed by atoms with E-state index in [4.69, 9.17) is 5.11 Å². The van der Waals surface area contributed by atoms with Crippen molar-refractivity contribution < 1.29 is 19.5 Å². The van der Waals surface area contributed by atoms with Crippen molar-refractivity contribution in [3.05, 3.63) is 42.0 Å². The molecular weight excluding hydrogens is 246 g/mol. The number of amides is 2. The Morgan fingerprint density at radius 2 is 1.79 bits per heavy atom. The fourth-order valence-electron chi connectivity index (χ4n) is 1.54.